The van der Waals surface area contributed by atoms with Crippen LogP contribution in [0.1, 0.15) is 31.2 Å². The van der Waals surface area contributed by atoms with E-state index in [1.807, 2.05) is 23.1 Å². The van der Waals surface area contributed by atoms with Gasteiger partial charge in [-0.1, -0.05) is 29.8 Å². The fourth-order valence-electron chi connectivity index (χ4n) is 4.86. The van der Waals surface area contributed by atoms with Gasteiger partial charge in [0, 0.05) is 41.8 Å². The molecule has 1 saturated carbocycles. The van der Waals surface area contributed by atoms with E-state index in [1.165, 1.54) is 12.1 Å². The van der Waals surface area contributed by atoms with E-state index in [0.29, 0.717) is 30.3 Å². The molecule has 7 nitrogen and oxygen atoms in total. The lowest BCUT2D eigenvalue weighted by molar-refractivity contribution is 0.156. The number of primary sulfonamides is 1. The summed E-state index contributed by atoms with van der Waals surface area (Å²) in [7, 11) is -3.82. The van der Waals surface area contributed by atoms with Crippen molar-refractivity contribution in [2.75, 3.05) is 24.5 Å². The van der Waals surface area contributed by atoms with E-state index in [0.717, 1.165) is 31.2 Å². The molecule has 10 heteroatoms. The maximum absolute atomic E-state index is 13.1. The van der Waals surface area contributed by atoms with Crippen molar-refractivity contribution in [3.63, 3.8) is 0 Å². The van der Waals surface area contributed by atoms with Gasteiger partial charge in [0.1, 0.15) is 0 Å². The first-order chi connectivity index (χ1) is 14.7. The summed E-state index contributed by atoms with van der Waals surface area (Å²) in [5, 5.41) is 5.95. The predicted molar refractivity (Wildman–Crippen MR) is 129 cm³/mol. The Labute approximate surface area is 200 Å². The van der Waals surface area contributed by atoms with Crippen molar-refractivity contribution in [1.82, 2.24) is 4.90 Å². The monoisotopic (exact) mass is 498 g/mol. The van der Waals surface area contributed by atoms with Gasteiger partial charge in [-0.25, -0.2) is 18.4 Å². The number of nitrogens with zero attached hydrogens (tertiary/aromatic N) is 2. The summed E-state index contributed by atoms with van der Waals surface area (Å²) < 4.78 is 23.3. The zero-order valence-electron chi connectivity index (χ0n) is 17.6. The second-order valence-corrected chi connectivity index (χ2v) is 10.4. The molecule has 0 bridgehead atoms. The molecule has 2 aliphatic rings. The van der Waals surface area contributed by atoms with Crippen molar-refractivity contribution in [1.29, 1.82) is 0 Å². The maximum Gasteiger partial charge on any atom is 0.324 e. The first-order valence-electron chi connectivity index (χ1n) is 10.4. The number of carbonyl (C=O) groups is 1. The van der Waals surface area contributed by atoms with Gasteiger partial charge in [0.2, 0.25) is 10.0 Å². The number of hydrogen-bond donors (Lipinski definition) is 2. The topological polar surface area (TPSA) is 110 Å². The summed E-state index contributed by atoms with van der Waals surface area (Å²) in [6.07, 6.45) is 3.50. The van der Waals surface area contributed by atoms with Gasteiger partial charge in [-0.15, -0.1) is 12.4 Å². The fourth-order valence-corrected chi connectivity index (χ4v) is 5.60. The SMILES string of the molecule is Cl.NC[C@]1(c2cccc(Cl)c2)CC[C@H](N2CCN(c3cccc(S(N)(=O)=O)c3)C2=O)CC1. The predicted octanol–water partition coefficient (Wildman–Crippen LogP) is 3.49. The summed E-state index contributed by atoms with van der Waals surface area (Å²) in [6, 6.07) is 14.2. The molecule has 1 aliphatic heterocycles. The van der Waals surface area contributed by atoms with Crippen LogP contribution in [0.25, 0.3) is 0 Å². The second kappa shape index (κ2) is 9.57. The van der Waals surface area contributed by atoms with Gasteiger partial charge < -0.3 is 10.6 Å². The smallest absolute Gasteiger partial charge is 0.324 e. The Morgan fingerprint density at radius 2 is 1.75 bits per heavy atom. The van der Waals surface area contributed by atoms with Crippen LogP contribution in [0.3, 0.4) is 0 Å². The number of rotatable bonds is 5. The van der Waals surface area contributed by atoms with Crippen LogP contribution in [0, 0.1) is 0 Å². The standard InChI is InChI=1S/C22H27ClN4O3S.ClH/c23-17-4-1-3-16(13-17)22(15-24)9-7-18(8-10-22)26-11-12-27(21(26)28)19-5-2-6-20(14-19)31(25,29)30;/h1-6,13-14,18H,7-12,15,24H2,(H2,25,29,30);1H/t18-,22-;. The van der Waals surface area contributed by atoms with Gasteiger partial charge in [-0.2, -0.15) is 0 Å². The number of halogens is 2. The Morgan fingerprint density at radius 3 is 2.38 bits per heavy atom. The van der Waals surface area contributed by atoms with Crippen molar-refractivity contribution >= 4 is 45.7 Å². The number of sulfonamides is 1. The van der Waals surface area contributed by atoms with E-state index in [1.54, 1.807) is 17.0 Å². The molecule has 174 valence electrons. The molecule has 0 aromatic heterocycles. The largest absolute Gasteiger partial charge is 0.330 e. The molecule has 4 rings (SSSR count). The molecule has 2 amide bonds. The van der Waals surface area contributed by atoms with Crippen molar-refractivity contribution in [2.24, 2.45) is 10.9 Å². The van der Waals surface area contributed by atoms with Crippen molar-refractivity contribution in [3.05, 3.63) is 59.1 Å². The third kappa shape index (κ3) is 4.75. The molecular formula is C22H28Cl2N4O3S. The van der Waals surface area contributed by atoms with E-state index in [-0.39, 0.29) is 34.8 Å². The molecule has 1 saturated heterocycles. The Balaban J connectivity index is 0.00000289. The minimum absolute atomic E-state index is 0. The number of urea groups is 1. The molecule has 2 fully saturated rings. The zero-order chi connectivity index (χ0) is 22.2. The summed E-state index contributed by atoms with van der Waals surface area (Å²) in [5.41, 5.74) is 7.79. The number of carbonyl (C=O) groups excluding carboxylic acids is 1. The van der Waals surface area contributed by atoms with Crippen LogP contribution in [0.2, 0.25) is 5.02 Å². The third-order valence-electron chi connectivity index (χ3n) is 6.68. The van der Waals surface area contributed by atoms with E-state index in [2.05, 4.69) is 6.07 Å². The van der Waals surface area contributed by atoms with E-state index in [4.69, 9.17) is 22.5 Å². The van der Waals surface area contributed by atoms with Gasteiger partial charge in [0.05, 0.1) is 4.90 Å². The molecule has 2 aromatic carbocycles. The van der Waals surface area contributed by atoms with E-state index in [9.17, 15) is 13.2 Å². The number of nitrogens with two attached hydrogens (primary N) is 2. The lowest BCUT2D eigenvalue weighted by Gasteiger charge is -2.42. The Morgan fingerprint density at radius 1 is 1.06 bits per heavy atom. The Kier molecular flexibility index (Phi) is 7.41. The highest BCUT2D eigenvalue weighted by atomic mass is 35.5. The van der Waals surface area contributed by atoms with Crippen LogP contribution in [-0.4, -0.2) is 45.0 Å². The lowest BCUT2D eigenvalue weighted by Crippen LogP contribution is -2.46. The molecule has 0 unspecified atom stereocenters. The molecule has 4 N–H and O–H groups in total. The number of amides is 2. The average molecular weight is 499 g/mol. The van der Waals surface area contributed by atoms with Crippen molar-refractivity contribution < 1.29 is 13.2 Å². The van der Waals surface area contributed by atoms with Crippen molar-refractivity contribution in [3.8, 4) is 0 Å². The van der Waals surface area contributed by atoms with Crippen LogP contribution in [0.15, 0.2) is 53.4 Å². The highest BCUT2D eigenvalue weighted by molar-refractivity contribution is 7.89. The summed E-state index contributed by atoms with van der Waals surface area (Å²) in [4.78, 5) is 16.7. The quantitative estimate of drug-likeness (QED) is 0.656. The fraction of sp³-hybridized carbons (Fsp3) is 0.409. The molecule has 0 spiro atoms. The molecule has 2 aromatic rings. The summed E-state index contributed by atoms with van der Waals surface area (Å²) in [6.45, 7) is 1.66. The molecule has 0 radical (unpaired) electrons. The molecule has 32 heavy (non-hydrogen) atoms. The maximum atomic E-state index is 13.1. The van der Waals surface area contributed by atoms with Crippen LogP contribution < -0.4 is 15.8 Å². The Hall–Kier alpha value is -1.84. The number of anilines is 1. The van der Waals surface area contributed by atoms with Gasteiger partial charge in [0.25, 0.3) is 0 Å². The van der Waals surface area contributed by atoms with Crippen LogP contribution in [-0.2, 0) is 15.4 Å². The zero-order valence-corrected chi connectivity index (χ0v) is 20.0. The lowest BCUT2D eigenvalue weighted by atomic mass is 9.68. The summed E-state index contributed by atoms with van der Waals surface area (Å²) in [5.74, 6) is 0. The highest BCUT2D eigenvalue weighted by Crippen LogP contribution is 2.41. The summed E-state index contributed by atoms with van der Waals surface area (Å²) >= 11 is 6.20. The molecule has 1 heterocycles. The van der Waals surface area contributed by atoms with Gasteiger partial charge >= 0.3 is 6.03 Å². The first kappa shape index (κ1) is 24.8. The normalized spacial score (nSPS) is 23.8. The van der Waals surface area contributed by atoms with Crippen LogP contribution in [0.5, 0.6) is 0 Å². The number of benzene rings is 2. The first-order valence-corrected chi connectivity index (χ1v) is 12.3. The highest BCUT2D eigenvalue weighted by Gasteiger charge is 2.41. The van der Waals surface area contributed by atoms with E-state index >= 15 is 0 Å². The molecular weight excluding hydrogens is 471 g/mol. The second-order valence-electron chi connectivity index (χ2n) is 8.40. The van der Waals surface area contributed by atoms with Crippen LogP contribution >= 0.6 is 24.0 Å². The van der Waals surface area contributed by atoms with E-state index < -0.39 is 10.0 Å². The van der Waals surface area contributed by atoms with Gasteiger partial charge in [-0.3, -0.25) is 4.90 Å². The number of hydrogen-bond acceptors (Lipinski definition) is 4. The minimum atomic E-state index is -3.82. The average Bonchev–Trinajstić information content (AvgIpc) is 3.14. The van der Waals surface area contributed by atoms with Crippen molar-refractivity contribution in [2.45, 2.75) is 42.0 Å². The molecule has 1 aliphatic carbocycles. The minimum Gasteiger partial charge on any atom is -0.330 e. The van der Waals surface area contributed by atoms with Gasteiger partial charge in [-0.05, 0) is 61.6 Å². The Bertz CT molecular complexity index is 1090. The molecule has 0 atom stereocenters. The van der Waals surface area contributed by atoms with Gasteiger partial charge in [0.15, 0.2) is 0 Å². The van der Waals surface area contributed by atoms with Crippen LogP contribution in [0.4, 0.5) is 10.5 Å². The third-order valence-corrected chi connectivity index (χ3v) is 7.83.